The predicted octanol–water partition coefficient (Wildman–Crippen LogP) is 2.01. The lowest BCUT2D eigenvalue weighted by Crippen LogP contribution is -2.46. The molecule has 0 aliphatic heterocycles. The summed E-state index contributed by atoms with van der Waals surface area (Å²) in [4.78, 5) is 26.8. The van der Waals surface area contributed by atoms with Crippen molar-refractivity contribution in [2.45, 2.75) is 33.2 Å². The van der Waals surface area contributed by atoms with Gasteiger partial charge < -0.3 is 15.7 Å². The summed E-state index contributed by atoms with van der Waals surface area (Å²) in [6.45, 7) is 5.52. The van der Waals surface area contributed by atoms with Gasteiger partial charge in [0.2, 0.25) is 0 Å². The summed E-state index contributed by atoms with van der Waals surface area (Å²) in [6, 6.07) is 0.314. The molecule has 19 heavy (non-hydrogen) atoms. The predicted molar refractivity (Wildman–Crippen MR) is 72.0 cm³/mol. The first-order chi connectivity index (χ1) is 8.93. The standard InChI is InChI=1S/C13H19N3O3/c1-4-9(3)11(12(17)18)16-13(19)15-10-5-8(2)6-14-7-10/h5-7,9,11H,4H2,1-3H3,(H,17,18)(H2,15,16,19)/t9-,11-/m0/s1. The number of nitrogens with one attached hydrogen (secondary N) is 2. The van der Waals surface area contributed by atoms with Crippen LogP contribution in [-0.2, 0) is 4.79 Å². The van der Waals surface area contributed by atoms with Gasteiger partial charge in [-0.15, -0.1) is 0 Å². The van der Waals surface area contributed by atoms with Crippen molar-refractivity contribution in [2.24, 2.45) is 5.92 Å². The third-order valence-electron chi connectivity index (χ3n) is 2.90. The topological polar surface area (TPSA) is 91.3 Å². The number of carboxylic acid groups (broad SMARTS) is 1. The lowest BCUT2D eigenvalue weighted by molar-refractivity contribution is -0.140. The summed E-state index contributed by atoms with van der Waals surface area (Å²) in [5.74, 6) is -1.18. The molecule has 1 aromatic heterocycles. The van der Waals surface area contributed by atoms with Gasteiger partial charge in [-0.3, -0.25) is 4.98 Å². The average molecular weight is 265 g/mol. The van der Waals surface area contributed by atoms with Crippen LogP contribution in [0.1, 0.15) is 25.8 Å². The Balaban J connectivity index is 2.65. The molecule has 0 aliphatic rings. The molecule has 1 rings (SSSR count). The maximum absolute atomic E-state index is 11.7. The maximum atomic E-state index is 11.7. The Morgan fingerprint density at radius 3 is 2.63 bits per heavy atom. The summed E-state index contributed by atoms with van der Waals surface area (Å²) in [5.41, 5.74) is 1.44. The van der Waals surface area contributed by atoms with Crippen molar-refractivity contribution in [1.82, 2.24) is 10.3 Å². The number of amides is 2. The Morgan fingerprint density at radius 1 is 1.42 bits per heavy atom. The Bertz CT molecular complexity index is 462. The second-order valence-electron chi connectivity index (χ2n) is 4.55. The van der Waals surface area contributed by atoms with E-state index in [1.165, 1.54) is 6.20 Å². The van der Waals surface area contributed by atoms with Crippen molar-refractivity contribution in [3.63, 3.8) is 0 Å². The molecule has 0 radical (unpaired) electrons. The quantitative estimate of drug-likeness (QED) is 0.759. The van der Waals surface area contributed by atoms with Crippen LogP contribution in [0, 0.1) is 12.8 Å². The summed E-state index contributed by atoms with van der Waals surface area (Å²) in [6.07, 6.45) is 3.84. The van der Waals surface area contributed by atoms with E-state index in [9.17, 15) is 9.59 Å². The van der Waals surface area contributed by atoms with Gasteiger partial charge >= 0.3 is 12.0 Å². The van der Waals surface area contributed by atoms with Gasteiger partial charge in [-0.2, -0.15) is 0 Å². The van der Waals surface area contributed by atoms with Gasteiger partial charge in [0.1, 0.15) is 6.04 Å². The minimum Gasteiger partial charge on any atom is -0.480 e. The van der Waals surface area contributed by atoms with E-state index in [2.05, 4.69) is 15.6 Å². The van der Waals surface area contributed by atoms with Gasteiger partial charge in [-0.25, -0.2) is 9.59 Å². The zero-order valence-electron chi connectivity index (χ0n) is 11.3. The molecular weight excluding hydrogens is 246 g/mol. The average Bonchev–Trinajstić information content (AvgIpc) is 2.34. The number of nitrogens with zero attached hydrogens (tertiary/aromatic N) is 1. The number of hydrogen-bond donors (Lipinski definition) is 3. The number of aryl methyl sites for hydroxylation is 1. The minimum atomic E-state index is -1.04. The number of pyridine rings is 1. The summed E-state index contributed by atoms with van der Waals surface area (Å²) >= 11 is 0. The molecule has 6 heteroatoms. The van der Waals surface area contributed by atoms with Crippen LogP contribution in [0.4, 0.5) is 10.5 Å². The number of carboxylic acids is 1. The number of hydrogen-bond acceptors (Lipinski definition) is 3. The number of aromatic nitrogens is 1. The fraction of sp³-hybridized carbons (Fsp3) is 0.462. The monoisotopic (exact) mass is 265 g/mol. The first kappa shape index (κ1) is 14.9. The number of rotatable bonds is 5. The second-order valence-corrected chi connectivity index (χ2v) is 4.55. The van der Waals surface area contributed by atoms with E-state index in [4.69, 9.17) is 5.11 Å². The van der Waals surface area contributed by atoms with Crippen LogP contribution < -0.4 is 10.6 Å². The van der Waals surface area contributed by atoms with Gasteiger partial charge in [-0.1, -0.05) is 20.3 Å². The Morgan fingerprint density at radius 2 is 2.11 bits per heavy atom. The van der Waals surface area contributed by atoms with E-state index >= 15 is 0 Å². The molecule has 0 aromatic carbocycles. The molecule has 0 saturated heterocycles. The highest BCUT2D eigenvalue weighted by Crippen LogP contribution is 2.10. The molecule has 3 N–H and O–H groups in total. The molecule has 0 spiro atoms. The van der Waals surface area contributed by atoms with Gasteiger partial charge in [0.15, 0.2) is 0 Å². The molecule has 0 aliphatic carbocycles. The first-order valence-electron chi connectivity index (χ1n) is 6.16. The van der Waals surface area contributed by atoms with E-state index in [0.717, 1.165) is 5.56 Å². The molecule has 104 valence electrons. The van der Waals surface area contributed by atoms with Crippen LogP contribution in [-0.4, -0.2) is 28.1 Å². The van der Waals surface area contributed by atoms with Gasteiger partial charge in [-0.05, 0) is 24.5 Å². The van der Waals surface area contributed by atoms with Crippen molar-refractivity contribution in [2.75, 3.05) is 5.32 Å². The van der Waals surface area contributed by atoms with Crippen LogP contribution in [0.25, 0.3) is 0 Å². The molecule has 0 saturated carbocycles. The van der Waals surface area contributed by atoms with E-state index < -0.39 is 18.0 Å². The van der Waals surface area contributed by atoms with E-state index in [0.29, 0.717) is 12.1 Å². The van der Waals surface area contributed by atoms with Crippen molar-refractivity contribution < 1.29 is 14.7 Å². The van der Waals surface area contributed by atoms with Gasteiger partial charge in [0.25, 0.3) is 0 Å². The second kappa shape index (κ2) is 6.72. The molecule has 2 atom stereocenters. The van der Waals surface area contributed by atoms with E-state index in [-0.39, 0.29) is 5.92 Å². The SMILES string of the molecule is CC[C@H](C)[C@H](NC(=O)Nc1cncc(C)c1)C(=O)O. The van der Waals surface area contributed by atoms with Crippen LogP contribution in [0.15, 0.2) is 18.5 Å². The fourth-order valence-corrected chi connectivity index (χ4v) is 1.61. The Hall–Kier alpha value is -2.11. The van der Waals surface area contributed by atoms with Crippen LogP contribution in [0.5, 0.6) is 0 Å². The molecular formula is C13H19N3O3. The van der Waals surface area contributed by atoms with Crippen molar-refractivity contribution in [3.8, 4) is 0 Å². The smallest absolute Gasteiger partial charge is 0.326 e. The zero-order valence-corrected chi connectivity index (χ0v) is 11.3. The highest BCUT2D eigenvalue weighted by atomic mass is 16.4. The Kier molecular flexibility index (Phi) is 5.29. The first-order valence-corrected chi connectivity index (χ1v) is 6.16. The molecule has 0 fully saturated rings. The number of anilines is 1. The van der Waals surface area contributed by atoms with E-state index in [1.54, 1.807) is 19.2 Å². The number of aliphatic carboxylic acids is 1. The molecule has 2 amide bonds. The molecule has 6 nitrogen and oxygen atoms in total. The normalized spacial score (nSPS) is 13.4. The molecule has 1 heterocycles. The van der Waals surface area contributed by atoms with Crippen molar-refractivity contribution in [3.05, 3.63) is 24.0 Å². The largest absolute Gasteiger partial charge is 0.480 e. The minimum absolute atomic E-state index is 0.140. The number of carbonyl (C=O) groups is 2. The fourth-order valence-electron chi connectivity index (χ4n) is 1.61. The maximum Gasteiger partial charge on any atom is 0.326 e. The molecule has 0 unspecified atom stereocenters. The lowest BCUT2D eigenvalue weighted by Gasteiger charge is -2.20. The molecule has 0 bridgehead atoms. The highest BCUT2D eigenvalue weighted by molar-refractivity contribution is 5.92. The highest BCUT2D eigenvalue weighted by Gasteiger charge is 2.25. The van der Waals surface area contributed by atoms with Crippen LogP contribution >= 0.6 is 0 Å². The summed E-state index contributed by atoms with van der Waals surface area (Å²) in [7, 11) is 0. The van der Waals surface area contributed by atoms with Crippen molar-refractivity contribution in [1.29, 1.82) is 0 Å². The summed E-state index contributed by atoms with van der Waals surface area (Å²) < 4.78 is 0. The third-order valence-corrected chi connectivity index (χ3v) is 2.90. The van der Waals surface area contributed by atoms with E-state index in [1.807, 2.05) is 13.8 Å². The lowest BCUT2D eigenvalue weighted by atomic mass is 9.99. The number of carbonyl (C=O) groups excluding carboxylic acids is 1. The van der Waals surface area contributed by atoms with Crippen LogP contribution in [0.2, 0.25) is 0 Å². The summed E-state index contributed by atoms with van der Waals surface area (Å²) in [5, 5.41) is 14.1. The van der Waals surface area contributed by atoms with Crippen LogP contribution in [0.3, 0.4) is 0 Å². The number of urea groups is 1. The third kappa shape index (κ3) is 4.57. The Labute approximate surface area is 112 Å². The van der Waals surface area contributed by atoms with Gasteiger partial charge in [0.05, 0.1) is 11.9 Å². The van der Waals surface area contributed by atoms with Crippen molar-refractivity contribution >= 4 is 17.7 Å². The van der Waals surface area contributed by atoms with Gasteiger partial charge in [0, 0.05) is 6.20 Å². The zero-order chi connectivity index (χ0) is 14.4. The molecule has 1 aromatic rings.